The minimum absolute atomic E-state index is 0.201. The first kappa shape index (κ1) is 12.9. The van der Waals surface area contributed by atoms with Crippen molar-refractivity contribution in [2.45, 2.75) is 44.6 Å². The topological polar surface area (TPSA) is 12.0 Å². The van der Waals surface area contributed by atoms with Crippen LogP contribution in [0.2, 0.25) is 0 Å². The summed E-state index contributed by atoms with van der Waals surface area (Å²) in [5.41, 5.74) is 3.26. The molecule has 1 aliphatic rings. The summed E-state index contributed by atoms with van der Waals surface area (Å²) in [6.45, 7) is 5.59. The largest absolute Gasteiger partial charge is 0.311 e. The lowest BCUT2D eigenvalue weighted by Gasteiger charge is -2.36. The van der Waals surface area contributed by atoms with Gasteiger partial charge in [0.1, 0.15) is 0 Å². The molecular weight excluding hydrogens is 230 g/mol. The molecule has 94 valence electrons. The molecule has 0 bridgehead atoms. The van der Waals surface area contributed by atoms with E-state index in [0.29, 0.717) is 5.92 Å². The summed E-state index contributed by atoms with van der Waals surface area (Å²) in [6.07, 6.45) is 3.40. The van der Waals surface area contributed by atoms with Crippen LogP contribution in [0.25, 0.3) is 0 Å². The minimum atomic E-state index is 0.201. The first-order chi connectivity index (χ1) is 8.18. The lowest BCUT2D eigenvalue weighted by molar-refractivity contribution is 0.317. The van der Waals surface area contributed by atoms with Crippen LogP contribution in [0, 0.1) is 0 Å². The van der Waals surface area contributed by atoms with Gasteiger partial charge in [-0.3, -0.25) is 0 Å². The average molecular weight is 252 g/mol. The number of rotatable bonds is 6. The van der Waals surface area contributed by atoms with Crippen molar-refractivity contribution in [1.29, 1.82) is 0 Å². The fourth-order valence-corrected chi connectivity index (χ4v) is 2.93. The number of benzene rings is 1. The predicted molar refractivity (Wildman–Crippen MR) is 74.9 cm³/mol. The zero-order chi connectivity index (χ0) is 12.3. The summed E-state index contributed by atoms with van der Waals surface area (Å²) < 4.78 is 0. The van der Waals surface area contributed by atoms with Crippen molar-refractivity contribution in [3.05, 3.63) is 35.4 Å². The number of fused-ring (bicyclic) bond motifs is 1. The van der Waals surface area contributed by atoms with Gasteiger partial charge < -0.3 is 5.32 Å². The van der Waals surface area contributed by atoms with Crippen molar-refractivity contribution < 1.29 is 0 Å². The third-order valence-corrected chi connectivity index (χ3v) is 4.35. The molecule has 0 heterocycles. The summed E-state index contributed by atoms with van der Waals surface area (Å²) in [5.74, 6) is 1.44. The van der Waals surface area contributed by atoms with Gasteiger partial charge in [0.2, 0.25) is 0 Å². The molecule has 0 amide bonds. The van der Waals surface area contributed by atoms with Gasteiger partial charge in [0.05, 0.1) is 0 Å². The van der Waals surface area contributed by atoms with Crippen LogP contribution >= 0.6 is 11.6 Å². The maximum Gasteiger partial charge on any atom is 0.0240 e. The van der Waals surface area contributed by atoms with Crippen LogP contribution in [0.15, 0.2) is 24.3 Å². The molecule has 2 atom stereocenters. The van der Waals surface area contributed by atoms with E-state index in [1.165, 1.54) is 17.5 Å². The molecule has 1 aromatic rings. The molecule has 17 heavy (non-hydrogen) atoms. The molecule has 0 aliphatic heterocycles. The Bertz CT molecular complexity index is 377. The first-order valence-corrected chi connectivity index (χ1v) is 7.11. The van der Waals surface area contributed by atoms with Gasteiger partial charge in [-0.05, 0) is 37.3 Å². The fourth-order valence-electron chi connectivity index (χ4n) is 2.51. The molecule has 1 N–H and O–H groups in total. The molecule has 0 aromatic heterocycles. The smallest absolute Gasteiger partial charge is 0.0240 e. The third-order valence-electron chi connectivity index (χ3n) is 4.16. The van der Waals surface area contributed by atoms with Crippen molar-refractivity contribution >= 4 is 11.6 Å². The van der Waals surface area contributed by atoms with Crippen LogP contribution in [0.3, 0.4) is 0 Å². The van der Waals surface area contributed by atoms with Crippen LogP contribution in [0.5, 0.6) is 0 Å². The summed E-state index contributed by atoms with van der Waals surface area (Å²) in [4.78, 5) is 0. The summed E-state index contributed by atoms with van der Waals surface area (Å²) in [5, 5.41) is 3.71. The van der Waals surface area contributed by atoms with E-state index < -0.39 is 0 Å². The number of alkyl halides is 1. The SMILES string of the molecule is CCC(C)(CCCl)NCC1Cc2ccccc21. The van der Waals surface area contributed by atoms with Crippen LogP contribution in [0.4, 0.5) is 0 Å². The second-order valence-electron chi connectivity index (χ2n) is 5.33. The molecule has 0 spiro atoms. The van der Waals surface area contributed by atoms with Gasteiger partial charge >= 0.3 is 0 Å². The van der Waals surface area contributed by atoms with E-state index in [-0.39, 0.29) is 5.54 Å². The highest BCUT2D eigenvalue weighted by molar-refractivity contribution is 6.17. The molecule has 2 heteroatoms. The molecule has 1 aromatic carbocycles. The van der Waals surface area contributed by atoms with Gasteiger partial charge in [0.25, 0.3) is 0 Å². The first-order valence-electron chi connectivity index (χ1n) is 6.57. The van der Waals surface area contributed by atoms with Gasteiger partial charge in [-0.1, -0.05) is 31.2 Å². The van der Waals surface area contributed by atoms with E-state index in [2.05, 4.69) is 43.4 Å². The Morgan fingerprint density at radius 2 is 2.18 bits per heavy atom. The van der Waals surface area contributed by atoms with E-state index in [4.69, 9.17) is 11.6 Å². The zero-order valence-corrected chi connectivity index (χ0v) is 11.6. The normalized spacial score (nSPS) is 21.5. The lowest BCUT2D eigenvalue weighted by Crippen LogP contribution is -2.45. The number of nitrogens with one attached hydrogen (secondary N) is 1. The van der Waals surface area contributed by atoms with Gasteiger partial charge in [-0.15, -0.1) is 11.6 Å². The van der Waals surface area contributed by atoms with Gasteiger partial charge in [0, 0.05) is 23.9 Å². The molecule has 0 saturated heterocycles. The second kappa shape index (κ2) is 5.41. The van der Waals surface area contributed by atoms with Crippen LogP contribution in [-0.4, -0.2) is 18.0 Å². The zero-order valence-electron chi connectivity index (χ0n) is 10.8. The molecule has 1 aliphatic carbocycles. The predicted octanol–water partition coefficient (Wildman–Crippen LogP) is 3.71. The van der Waals surface area contributed by atoms with Crippen LogP contribution in [-0.2, 0) is 6.42 Å². The second-order valence-corrected chi connectivity index (χ2v) is 5.71. The fraction of sp³-hybridized carbons (Fsp3) is 0.600. The van der Waals surface area contributed by atoms with Crippen LogP contribution in [0.1, 0.15) is 43.7 Å². The lowest BCUT2D eigenvalue weighted by atomic mass is 9.77. The number of hydrogen-bond donors (Lipinski definition) is 1. The van der Waals surface area contributed by atoms with Crippen molar-refractivity contribution in [2.24, 2.45) is 0 Å². The van der Waals surface area contributed by atoms with E-state index in [9.17, 15) is 0 Å². The number of halogens is 1. The molecular formula is C15H22ClN. The van der Waals surface area contributed by atoms with Gasteiger partial charge in [-0.2, -0.15) is 0 Å². The average Bonchev–Trinajstić information content (AvgIpc) is 2.31. The Labute approximate surface area is 110 Å². The Morgan fingerprint density at radius 1 is 1.41 bits per heavy atom. The third kappa shape index (κ3) is 2.83. The van der Waals surface area contributed by atoms with Crippen molar-refractivity contribution in [3.8, 4) is 0 Å². The van der Waals surface area contributed by atoms with Crippen LogP contribution < -0.4 is 5.32 Å². The Morgan fingerprint density at radius 3 is 2.82 bits per heavy atom. The van der Waals surface area contributed by atoms with Crippen molar-refractivity contribution in [1.82, 2.24) is 5.32 Å². The van der Waals surface area contributed by atoms with Gasteiger partial charge in [-0.25, -0.2) is 0 Å². The molecule has 0 saturated carbocycles. The summed E-state index contributed by atoms with van der Waals surface area (Å²) >= 11 is 5.87. The van der Waals surface area contributed by atoms with Crippen molar-refractivity contribution in [2.75, 3.05) is 12.4 Å². The quantitative estimate of drug-likeness (QED) is 0.760. The Hall–Kier alpha value is -0.530. The minimum Gasteiger partial charge on any atom is -0.311 e. The van der Waals surface area contributed by atoms with E-state index in [0.717, 1.165) is 25.3 Å². The summed E-state index contributed by atoms with van der Waals surface area (Å²) in [7, 11) is 0. The highest BCUT2D eigenvalue weighted by Gasteiger charge is 2.28. The van der Waals surface area contributed by atoms with E-state index >= 15 is 0 Å². The number of hydrogen-bond acceptors (Lipinski definition) is 1. The summed E-state index contributed by atoms with van der Waals surface area (Å²) in [6, 6.07) is 8.77. The van der Waals surface area contributed by atoms with Crippen molar-refractivity contribution in [3.63, 3.8) is 0 Å². The standard InChI is InChI=1S/C15H22ClN/c1-3-15(2,8-9-16)17-11-13-10-12-6-4-5-7-14(12)13/h4-7,13,17H,3,8-11H2,1-2H3. The molecule has 2 rings (SSSR count). The molecule has 0 radical (unpaired) electrons. The molecule has 0 fully saturated rings. The highest BCUT2D eigenvalue weighted by atomic mass is 35.5. The maximum absolute atomic E-state index is 5.87. The maximum atomic E-state index is 5.87. The Kier molecular flexibility index (Phi) is 4.11. The van der Waals surface area contributed by atoms with E-state index in [1.807, 2.05) is 0 Å². The van der Waals surface area contributed by atoms with Gasteiger partial charge in [0.15, 0.2) is 0 Å². The monoisotopic (exact) mass is 251 g/mol. The highest BCUT2D eigenvalue weighted by Crippen LogP contribution is 2.34. The molecule has 1 nitrogen and oxygen atoms in total. The molecule has 2 unspecified atom stereocenters. The van der Waals surface area contributed by atoms with E-state index in [1.54, 1.807) is 0 Å². The Balaban J connectivity index is 1.88.